The van der Waals surface area contributed by atoms with Crippen molar-refractivity contribution in [1.29, 1.82) is 0 Å². The minimum Gasteiger partial charge on any atom is -0.394 e. The molecule has 0 atom stereocenters. The normalized spacial score (nSPS) is 10.8. The number of hydrogen-bond donors (Lipinski definition) is 2. The van der Waals surface area contributed by atoms with Gasteiger partial charge in [0.25, 0.3) is 5.91 Å². The third kappa shape index (κ3) is 5.55. The van der Waals surface area contributed by atoms with Crippen LogP contribution < -0.4 is 5.32 Å². The van der Waals surface area contributed by atoms with Crippen LogP contribution in [0.5, 0.6) is 0 Å². The average Bonchev–Trinajstić information content (AvgIpc) is 2.37. The number of hydrogen-bond acceptors (Lipinski definition) is 4. The summed E-state index contributed by atoms with van der Waals surface area (Å²) in [4.78, 5) is 16.1. The maximum Gasteiger partial charge on any atom is 0.251 e. The zero-order valence-corrected chi connectivity index (χ0v) is 11.9. The standard InChI is InChI=1S/C13H19ClN2O3/c1-9(2)11-7-10(8-12(14)16-11)13(18)15-3-5-19-6-4-17/h7-9,17H,3-6H2,1-2H3,(H,15,18). The van der Waals surface area contributed by atoms with E-state index in [2.05, 4.69) is 10.3 Å². The van der Waals surface area contributed by atoms with Crippen LogP contribution in [-0.2, 0) is 4.74 Å². The van der Waals surface area contributed by atoms with Gasteiger partial charge in [0, 0.05) is 17.8 Å². The lowest BCUT2D eigenvalue weighted by Gasteiger charge is -2.09. The molecule has 5 nitrogen and oxygen atoms in total. The Morgan fingerprint density at radius 2 is 2.21 bits per heavy atom. The maximum atomic E-state index is 11.9. The second-order valence-electron chi connectivity index (χ2n) is 4.35. The van der Waals surface area contributed by atoms with Gasteiger partial charge in [0.15, 0.2) is 0 Å². The van der Waals surface area contributed by atoms with Crippen molar-refractivity contribution in [3.8, 4) is 0 Å². The third-order valence-corrected chi connectivity index (χ3v) is 2.63. The van der Waals surface area contributed by atoms with E-state index in [-0.39, 0.29) is 25.0 Å². The Labute approximate surface area is 117 Å². The number of nitrogens with zero attached hydrogens (tertiary/aromatic N) is 1. The summed E-state index contributed by atoms with van der Waals surface area (Å²) in [7, 11) is 0. The van der Waals surface area contributed by atoms with E-state index in [9.17, 15) is 4.79 Å². The lowest BCUT2D eigenvalue weighted by atomic mass is 10.1. The number of carbonyl (C=O) groups excluding carboxylic acids is 1. The Morgan fingerprint density at radius 1 is 1.47 bits per heavy atom. The van der Waals surface area contributed by atoms with E-state index < -0.39 is 0 Å². The molecule has 0 radical (unpaired) electrons. The summed E-state index contributed by atoms with van der Waals surface area (Å²) < 4.78 is 5.05. The van der Waals surface area contributed by atoms with E-state index in [1.54, 1.807) is 6.07 Å². The van der Waals surface area contributed by atoms with Crippen LogP contribution in [0.25, 0.3) is 0 Å². The van der Waals surface area contributed by atoms with Crippen LogP contribution in [-0.4, -0.2) is 42.4 Å². The summed E-state index contributed by atoms with van der Waals surface area (Å²) in [6, 6.07) is 3.28. The average molecular weight is 287 g/mol. The molecule has 0 saturated carbocycles. The van der Waals surface area contributed by atoms with E-state index >= 15 is 0 Å². The number of halogens is 1. The molecule has 0 saturated heterocycles. The number of ether oxygens (including phenoxy) is 1. The fraction of sp³-hybridized carbons (Fsp3) is 0.538. The van der Waals surface area contributed by atoms with Gasteiger partial charge in [0.1, 0.15) is 5.15 Å². The molecule has 106 valence electrons. The molecule has 1 heterocycles. The molecule has 0 fully saturated rings. The van der Waals surface area contributed by atoms with E-state index in [0.29, 0.717) is 23.9 Å². The highest BCUT2D eigenvalue weighted by atomic mass is 35.5. The third-order valence-electron chi connectivity index (χ3n) is 2.44. The monoisotopic (exact) mass is 286 g/mol. The lowest BCUT2D eigenvalue weighted by Crippen LogP contribution is -2.27. The van der Waals surface area contributed by atoms with Gasteiger partial charge in [-0.15, -0.1) is 0 Å². The highest BCUT2D eigenvalue weighted by molar-refractivity contribution is 6.29. The maximum absolute atomic E-state index is 11.9. The summed E-state index contributed by atoms with van der Waals surface area (Å²) in [5, 5.41) is 11.6. The molecule has 0 aliphatic heterocycles. The molecule has 0 spiro atoms. The van der Waals surface area contributed by atoms with Crippen LogP contribution in [0.4, 0.5) is 0 Å². The Kier molecular flexibility index (Phi) is 6.77. The Morgan fingerprint density at radius 3 is 2.84 bits per heavy atom. The first-order chi connectivity index (χ1) is 9.04. The number of aliphatic hydroxyl groups excluding tert-OH is 1. The SMILES string of the molecule is CC(C)c1cc(C(=O)NCCOCCO)cc(Cl)n1. The fourth-order valence-corrected chi connectivity index (χ4v) is 1.66. The molecule has 1 aromatic heterocycles. The lowest BCUT2D eigenvalue weighted by molar-refractivity contribution is 0.0838. The molecule has 1 rings (SSSR count). The second kappa shape index (κ2) is 8.09. The minimum absolute atomic E-state index is 0.0222. The molecule has 19 heavy (non-hydrogen) atoms. The first-order valence-corrected chi connectivity index (χ1v) is 6.56. The highest BCUT2D eigenvalue weighted by Crippen LogP contribution is 2.17. The van der Waals surface area contributed by atoms with Crippen molar-refractivity contribution >= 4 is 17.5 Å². The van der Waals surface area contributed by atoms with Crippen molar-refractivity contribution in [2.45, 2.75) is 19.8 Å². The predicted molar refractivity (Wildman–Crippen MR) is 73.6 cm³/mol. The van der Waals surface area contributed by atoms with Gasteiger partial charge >= 0.3 is 0 Å². The van der Waals surface area contributed by atoms with Crippen molar-refractivity contribution in [3.05, 3.63) is 28.5 Å². The van der Waals surface area contributed by atoms with E-state index in [4.69, 9.17) is 21.4 Å². The first-order valence-electron chi connectivity index (χ1n) is 6.19. The molecular formula is C13H19ClN2O3. The number of nitrogens with one attached hydrogen (secondary N) is 1. The fourth-order valence-electron chi connectivity index (χ4n) is 1.45. The number of aliphatic hydroxyl groups is 1. The topological polar surface area (TPSA) is 71.5 Å². The first kappa shape index (κ1) is 15.9. The molecular weight excluding hydrogens is 268 g/mol. The summed E-state index contributed by atoms with van der Waals surface area (Å²) in [6.45, 7) is 4.98. The summed E-state index contributed by atoms with van der Waals surface area (Å²) in [5.74, 6) is -0.00284. The molecule has 2 N–H and O–H groups in total. The van der Waals surface area contributed by atoms with Crippen LogP contribution in [0.2, 0.25) is 5.15 Å². The number of carbonyl (C=O) groups is 1. The molecule has 0 aliphatic carbocycles. The largest absolute Gasteiger partial charge is 0.394 e. The van der Waals surface area contributed by atoms with E-state index in [0.717, 1.165) is 5.69 Å². The van der Waals surface area contributed by atoms with Gasteiger partial charge < -0.3 is 15.2 Å². The van der Waals surface area contributed by atoms with Crippen molar-refractivity contribution in [1.82, 2.24) is 10.3 Å². The van der Waals surface area contributed by atoms with Gasteiger partial charge in [0.2, 0.25) is 0 Å². The van der Waals surface area contributed by atoms with Crippen LogP contribution in [0, 0.1) is 0 Å². The van der Waals surface area contributed by atoms with Crippen LogP contribution in [0.1, 0.15) is 35.8 Å². The van der Waals surface area contributed by atoms with Crippen molar-refractivity contribution in [2.75, 3.05) is 26.4 Å². The Hall–Kier alpha value is -1.17. The number of amides is 1. The summed E-state index contributed by atoms with van der Waals surface area (Å²) in [5.41, 5.74) is 1.28. The van der Waals surface area contributed by atoms with Gasteiger partial charge in [-0.1, -0.05) is 25.4 Å². The zero-order chi connectivity index (χ0) is 14.3. The van der Waals surface area contributed by atoms with Gasteiger partial charge in [-0.3, -0.25) is 4.79 Å². The van der Waals surface area contributed by atoms with Gasteiger partial charge in [-0.25, -0.2) is 4.98 Å². The van der Waals surface area contributed by atoms with Gasteiger partial charge in [-0.2, -0.15) is 0 Å². The predicted octanol–water partition coefficient (Wildman–Crippen LogP) is 1.60. The summed E-state index contributed by atoms with van der Waals surface area (Å²) in [6.07, 6.45) is 0. The molecule has 0 aliphatic rings. The number of pyridine rings is 1. The van der Waals surface area contributed by atoms with Crippen LogP contribution in [0.15, 0.2) is 12.1 Å². The molecule has 0 unspecified atom stereocenters. The van der Waals surface area contributed by atoms with Crippen molar-refractivity contribution < 1.29 is 14.6 Å². The van der Waals surface area contributed by atoms with E-state index in [1.807, 2.05) is 13.8 Å². The highest BCUT2D eigenvalue weighted by Gasteiger charge is 2.10. The molecule has 1 amide bonds. The molecule has 6 heteroatoms. The molecule has 1 aromatic rings. The zero-order valence-electron chi connectivity index (χ0n) is 11.1. The Balaban J connectivity index is 2.56. The van der Waals surface area contributed by atoms with E-state index in [1.165, 1.54) is 6.07 Å². The van der Waals surface area contributed by atoms with Gasteiger partial charge in [-0.05, 0) is 18.1 Å². The summed E-state index contributed by atoms with van der Waals surface area (Å²) >= 11 is 5.90. The van der Waals surface area contributed by atoms with Crippen molar-refractivity contribution in [3.63, 3.8) is 0 Å². The second-order valence-corrected chi connectivity index (χ2v) is 4.74. The number of rotatable bonds is 7. The molecule has 0 bridgehead atoms. The van der Waals surface area contributed by atoms with Crippen molar-refractivity contribution in [2.24, 2.45) is 0 Å². The number of aromatic nitrogens is 1. The minimum atomic E-state index is -0.209. The Bertz CT molecular complexity index is 424. The van der Waals surface area contributed by atoms with Crippen LogP contribution in [0.3, 0.4) is 0 Å². The smallest absolute Gasteiger partial charge is 0.251 e. The van der Waals surface area contributed by atoms with Gasteiger partial charge in [0.05, 0.1) is 19.8 Å². The van der Waals surface area contributed by atoms with Crippen LogP contribution >= 0.6 is 11.6 Å². The quantitative estimate of drug-likeness (QED) is 0.590. The molecule has 0 aromatic carbocycles.